The average Bonchev–Trinajstić information content (AvgIpc) is 2.46. The molecule has 1 aromatic rings. The molecular formula is C16H26N2O. The van der Waals surface area contributed by atoms with Gasteiger partial charge >= 0.3 is 0 Å². The number of hydrogen-bond donors (Lipinski definition) is 1. The maximum absolute atomic E-state index is 5.75. The predicted molar refractivity (Wildman–Crippen MR) is 79.5 cm³/mol. The van der Waals surface area contributed by atoms with Crippen LogP contribution in [0.15, 0.2) is 24.3 Å². The van der Waals surface area contributed by atoms with Crippen LogP contribution in [0.25, 0.3) is 0 Å². The zero-order chi connectivity index (χ0) is 13.5. The van der Waals surface area contributed by atoms with Crippen LogP contribution in [0.1, 0.15) is 24.8 Å². The molecule has 3 nitrogen and oxygen atoms in total. The van der Waals surface area contributed by atoms with Crippen LogP contribution < -0.4 is 10.5 Å². The lowest BCUT2D eigenvalue weighted by Crippen LogP contribution is -2.37. The van der Waals surface area contributed by atoms with Gasteiger partial charge in [-0.15, -0.1) is 0 Å². The summed E-state index contributed by atoms with van der Waals surface area (Å²) >= 11 is 0. The molecule has 0 aliphatic carbocycles. The van der Waals surface area contributed by atoms with E-state index < -0.39 is 0 Å². The van der Waals surface area contributed by atoms with Crippen LogP contribution in [0.5, 0.6) is 5.75 Å². The van der Waals surface area contributed by atoms with E-state index in [-0.39, 0.29) is 0 Å². The van der Waals surface area contributed by atoms with E-state index in [1.165, 1.54) is 31.5 Å². The van der Waals surface area contributed by atoms with Gasteiger partial charge in [0.05, 0.1) is 6.61 Å². The van der Waals surface area contributed by atoms with Crippen molar-refractivity contribution in [1.82, 2.24) is 4.90 Å². The number of rotatable bonds is 6. The number of nitrogens with zero attached hydrogens (tertiary/aromatic N) is 1. The van der Waals surface area contributed by atoms with Crippen molar-refractivity contribution in [1.29, 1.82) is 0 Å². The molecule has 0 radical (unpaired) electrons. The molecule has 1 aromatic carbocycles. The Hall–Kier alpha value is -1.06. The van der Waals surface area contributed by atoms with Gasteiger partial charge in [-0.2, -0.15) is 0 Å². The van der Waals surface area contributed by atoms with Gasteiger partial charge in [-0.25, -0.2) is 0 Å². The molecule has 2 rings (SSSR count). The standard InChI is InChI=1S/C16H26N2O/c1-14-3-5-16(6-4-14)19-12-2-9-18-10-7-15(13-17)8-11-18/h3-6,15H,2,7-13,17H2,1H3. The van der Waals surface area contributed by atoms with Crippen molar-refractivity contribution < 1.29 is 4.74 Å². The highest BCUT2D eigenvalue weighted by Crippen LogP contribution is 2.16. The number of nitrogens with two attached hydrogens (primary N) is 1. The first-order valence-corrected chi connectivity index (χ1v) is 7.40. The van der Waals surface area contributed by atoms with Gasteiger partial charge in [-0.1, -0.05) is 17.7 Å². The first-order valence-electron chi connectivity index (χ1n) is 7.40. The molecule has 1 fully saturated rings. The summed E-state index contributed by atoms with van der Waals surface area (Å²) in [5.41, 5.74) is 6.98. The molecular weight excluding hydrogens is 236 g/mol. The summed E-state index contributed by atoms with van der Waals surface area (Å²) in [6, 6.07) is 8.27. The highest BCUT2D eigenvalue weighted by Gasteiger charge is 2.17. The number of piperidine rings is 1. The van der Waals surface area contributed by atoms with Crippen molar-refractivity contribution in [2.45, 2.75) is 26.2 Å². The summed E-state index contributed by atoms with van der Waals surface area (Å²) in [7, 11) is 0. The number of benzene rings is 1. The number of aryl methyl sites for hydroxylation is 1. The van der Waals surface area contributed by atoms with Crippen molar-refractivity contribution in [2.24, 2.45) is 11.7 Å². The molecule has 0 spiro atoms. The Morgan fingerprint density at radius 1 is 1.21 bits per heavy atom. The second-order valence-corrected chi connectivity index (χ2v) is 5.54. The van der Waals surface area contributed by atoms with Gasteiger partial charge in [0, 0.05) is 6.54 Å². The molecule has 1 heterocycles. The van der Waals surface area contributed by atoms with E-state index in [9.17, 15) is 0 Å². The van der Waals surface area contributed by atoms with Crippen LogP contribution in [0.2, 0.25) is 0 Å². The van der Waals surface area contributed by atoms with Crippen LogP contribution in [-0.2, 0) is 0 Å². The Bertz CT molecular complexity index is 356. The van der Waals surface area contributed by atoms with Crippen molar-refractivity contribution >= 4 is 0 Å². The van der Waals surface area contributed by atoms with Crippen LogP contribution in [0.3, 0.4) is 0 Å². The smallest absolute Gasteiger partial charge is 0.119 e. The van der Waals surface area contributed by atoms with Crippen LogP contribution in [0.4, 0.5) is 0 Å². The molecule has 2 N–H and O–H groups in total. The third-order valence-electron chi connectivity index (χ3n) is 3.95. The molecule has 0 unspecified atom stereocenters. The minimum atomic E-state index is 0.750. The third-order valence-corrected chi connectivity index (χ3v) is 3.95. The topological polar surface area (TPSA) is 38.5 Å². The number of ether oxygens (including phenoxy) is 1. The van der Waals surface area contributed by atoms with E-state index in [0.717, 1.165) is 37.8 Å². The summed E-state index contributed by atoms with van der Waals surface area (Å²) in [6.07, 6.45) is 3.62. The average molecular weight is 262 g/mol. The molecule has 1 aliphatic heterocycles. The minimum Gasteiger partial charge on any atom is -0.494 e. The molecule has 0 saturated carbocycles. The SMILES string of the molecule is Cc1ccc(OCCCN2CCC(CN)CC2)cc1. The lowest BCUT2D eigenvalue weighted by Gasteiger charge is -2.31. The fourth-order valence-corrected chi connectivity index (χ4v) is 2.56. The lowest BCUT2D eigenvalue weighted by atomic mass is 9.97. The highest BCUT2D eigenvalue weighted by atomic mass is 16.5. The monoisotopic (exact) mass is 262 g/mol. The normalized spacial score (nSPS) is 17.6. The van der Waals surface area contributed by atoms with Crippen molar-refractivity contribution in [2.75, 3.05) is 32.8 Å². The first kappa shape index (κ1) is 14.4. The van der Waals surface area contributed by atoms with Gasteiger partial charge in [0.25, 0.3) is 0 Å². The second kappa shape index (κ2) is 7.51. The maximum atomic E-state index is 5.75. The Kier molecular flexibility index (Phi) is 5.67. The van der Waals surface area contributed by atoms with E-state index in [1.54, 1.807) is 0 Å². The summed E-state index contributed by atoms with van der Waals surface area (Å²) in [6.45, 7) is 7.29. The summed E-state index contributed by atoms with van der Waals surface area (Å²) in [4.78, 5) is 2.53. The Balaban J connectivity index is 1.58. The molecule has 3 heteroatoms. The lowest BCUT2D eigenvalue weighted by molar-refractivity contribution is 0.173. The second-order valence-electron chi connectivity index (χ2n) is 5.54. The third kappa shape index (κ3) is 4.84. The molecule has 0 atom stereocenters. The Morgan fingerprint density at radius 3 is 2.53 bits per heavy atom. The summed E-state index contributed by atoms with van der Waals surface area (Å²) < 4.78 is 5.75. The van der Waals surface area contributed by atoms with E-state index in [4.69, 9.17) is 10.5 Å². The first-order chi connectivity index (χ1) is 9.28. The van der Waals surface area contributed by atoms with Gasteiger partial charge in [-0.05, 0) is 63.9 Å². The minimum absolute atomic E-state index is 0.750. The van der Waals surface area contributed by atoms with E-state index in [2.05, 4.69) is 24.0 Å². The molecule has 1 saturated heterocycles. The van der Waals surface area contributed by atoms with Crippen molar-refractivity contribution in [3.8, 4) is 5.75 Å². The van der Waals surface area contributed by atoms with Gasteiger partial charge < -0.3 is 15.4 Å². The van der Waals surface area contributed by atoms with E-state index >= 15 is 0 Å². The van der Waals surface area contributed by atoms with E-state index in [0.29, 0.717) is 0 Å². The summed E-state index contributed by atoms with van der Waals surface area (Å²) in [5, 5.41) is 0. The molecule has 1 aliphatic rings. The molecule has 0 amide bonds. The number of hydrogen-bond acceptors (Lipinski definition) is 3. The summed E-state index contributed by atoms with van der Waals surface area (Å²) in [5.74, 6) is 1.73. The van der Waals surface area contributed by atoms with Gasteiger partial charge in [0.1, 0.15) is 5.75 Å². The van der Waals surface area contributed by atoms with Crippen molar-refractivity contribution in [3.05, 3.63) is 29.8 Å². The van der Waals surface area contributed by atoms with Gasteiger partial charge in [0.2, 0.25) is 0 Å². The van der Waals surface area contributed by atoms with E-state index in [1.807, 2.05) is 12.1 Å². The van der Waals surface area contributed by atoms with Crippen LogP contribution in [0, 0.1) is 12.8 Å². The maximum Gasteiger partial charge on any atom is 0.119 e. The predicted octanol–water partition coefficient (Wildman–Crippen LogP) is 2.43. The largest absolute Gasteiger partial charge is 0.494 e. The molecule has 19 heavy (non-hydrogen) atoms. The van der Waals surface area contributed by atoms with Crippen LogP contribution in [-0.4, -0.2) is 37.7 Å². The Morgan fingerprint density at radius 2 is 1.89 bits per heavy atom. The zero-order valence-corrected chi connectivity index (χ0v) is 12.0. The van der Waals surface area contributed by atoms with Crippen molar-refractivity contribution in [3.63, 3.8) is 0 Å². The van der Waals surface area contributed by atoms with Crippen LogP contribution >= 0.6 is 0 Å². The van der Waals surface area contributed by atoms with Gasteiger partial charge in [-0.3, -0.25) is 0 Å². The highest BCUT2D eigenvalue weighted by molar-refractivity contribution is 5.26. The quantitative estimate of drug-likeness (QED) is 0.800. The fourth-order valence-electron chi connectivity index (χ4n) is 2.56. The molecule has 106 valence electrons. The van der Waals surface area contributed by atoms with Gasteiger partial charge in [0.15, 0.2) is 0 Å². The zero-order valence-electron chi connectivity index (χ0n) is 12.0. The fraction of sp³-hybridized carbons (Fsp3) is 0.625. The molecule has 0 bridgehead atoms. The Labute approximate surface area is 116 Å². The molecule has 0 aromatic heterocycles. The number of likely N-dealkylation sites (tertiary alicyclic amines) is 1.